The summed E-state index contributed by atoms with van der Waals surface area (Å²) >= 11 is 2.34. The van der Waals surface area contributed by atoms with Crippen LogP contribution in [0.1, 0.15) is 32.8 Å². The Morgan fingerprint density at radius 1 is 1.33 bits per heavy atom. The largest absolute Gasteiger partial charge is 0.378 e. The van der Waals surface area contributed by atoms with Crippen LogP contribution in [0.2, 0.25) is 0 Å². The van der Waals surface area contributed by atoms with E-state index in [9.17, 15) is 0 Å². The third-order valence-electron chi connectivity index (χ3n) is 4.01. The third-order valence-corrected chi connectivity index (χ3v) is 4.73. The average Bonchev–Trinajstić information content (AvgIpc) is 2.35. The Balaban J connectivity index is 1.83. The Bertz CT molecular complexity index is 388. The Morgan fingerprint density at radius 2 is 2.00 bits per heavy atom. The smallest absolute Gasteiger partial charge is 0.0655 e. The van der Waals surface area contributed by atoms with Crippen molar-refractivity contribution in [3.05, 3.63) is 33.4 Å². The molecule has 100 valence electrons. The monoisotopic (exact) mass is 359 g/mol. The van der Waals surface area contributed by atoms with Crippen molar-refractivity contribution in [1.29, 1.82) is 0 Å². The van der Waals surface area contributed by atoms with Crippen LogP contribution in [-0.4, -0.2) is 18.8 Å². The van der Waals surface area contributed by atoms with Gasteiger partial charge in [-0.1, -0.05) is 26.0 Å². The summed E-state index contributed by atoms with van der Waals surface area (Å²) in [6, 6.07) is 9.27. The number of rotatable bonds is 5. The zero-order chi connectivity index (χ0) is 13.2. The molecule has 2 unspecified atom stereocenters. The normalized spacial score (nSPS) is 25.8. The first-order valence-corrected chi connectivity index (χ1v) is 7.71. The number of ether oxygens (including phenoxy) is 1. The summed E-state index contributed by atoms with van der Waals surface area (Å²) < 4.78 is 7.04. The molecule has 0 bridgehead atoms. The van der Waals surface area contributed by atoms with Crippen LogP contribution in [0.5, 0.6) is 0 Å². The van der Waals surface area contributed by atoms with Gasteiger partial charge in [0, 0.05) is 28.2 Å². The van der Waals surface area contributed by atoms with E-state index in [0.717, 1.165) is 19.6 Å². The SMILES string of the molecule is CCOC1CC(NCc2ccc(I)cc2)C1(C)C. The highest BCUT2D eigenvalue weighted by atomic mass is 127. The number of nitrogens with one attached hydrogen (secondary N) is 1. The minimum Gasteiger partial charge on any atom is -0.378 e. The van der Waals surface area contributed by atoms with E-state index in [0.29, 0.717) is 12.1 Å². The summed E-state index contributed by atoms with van der Waals surface area (Å²) in [5, 5.41) is 3.65. The molecule has 1 aromatic rings. The van der Waals surface area contributed by atoms with Crippen molar-refractivity contribution in [2.24, 2.45) is 5.41 Å². The maximum absolute atomic E-state index is 5.75. The molecule has 1 N–H and O–H groups in total. The molecule has 0 heterocycles. The van der Waals surface area contributed by atoms with E-state index >= 15 is 0 Å². The quantitative estimate of drug-likeness (QED) is 0.812. The predicted molar refractivity (Wildman–Crippen MR) is 83.6 cm³/mol. The van der Waals surface area contributed by atoms with Gasteiger partial charge in [-0.25, -0.2) is 0 Å². The molecular formula is C15H22INO. The van der Waals surface area contributed by atoms with Gasteiger partial charge in [-0.2, -0.15) is 0 Å². The summed E-state index contributed by atoms with van der Waals surface area (Å²) in [5.74, 6) is 0. The molecule has 0 saturated heterocycles. The van der Waals surface area contributed by atoms with Gasteiger partial charge < -0.3 is 10.1 Å². The number of hydrogen-bond donors (Lipinski definition) is 1. The van der Waals surface area contributed by atoms with Gasteiger partial charge >= 0.3 is 0 Å². The maximum atomic E-state index is 5.75. The van der Waals surface area contributed by atoms with Crippen LogP contribution in [0.3, 0.4) is 0 Å². The van der Waals surface area contributed by atoms with Gasteiger partial charge in [-0.05, 0) is 53.6 Å². The molecule has 1 aliphatic rings. The van der Waals surface area contributed by atoms with Gasteiger partial charge in [0.25, 0.3) is 0 Å². The fourth-order valence-corrected chi connectivity index (χ4v) is 2.92. The molecule has 3 heteroatoms. The van der Waals surface area contributed by atoms with Crippen LogP contribution >= 0.6 is 22.6 Å². The molecule has 1 fully saturated rings. The van der Waals surface area contributed by atoms with Gasteiger partial charge in [0.05, 0.1) is 6.10 Å². The van der Waals surface area contributed by atoms with Crippen molar-refractivity contribution in [3.8, 4) is 0 Å². The maximum Gasteiger partial charge on any atom is 0.0655 e. The minimum atomic E-state index is 0.249. The van der Waals surface area contributed by atoms with Crippen LogP contribution in [0, 0.1) is 8.99 Å². The molecule has 1 aromatic carbocycles. The van der Waals surface area contributed by atoms with E-state index in [1.54, 1.807) is 0 Å². The van der Waals surface area contributed by atoms with Crippen LogP contribution in [-0.2, 0) is 11.3 Å². The van der Waals surface area contributed by atoms with Gasteiger partial charge in [0.1, 0.15) is 0 Å². The summed E-state index contributed by atoms with van der Waals surface area (Å²) in [7, 11) is 0. The molecule has 1 aliphatic carbocycles. The molecule has 0 radical (unpaired) electrons. The van der Waals surface area contributed by atoms with Gasteiger partial charge in [-0.3, -0.25) is 0 Å². The second-order valence-electron chi connectivity index (χ2n) is 5.56. The Morgan fingerprint density at radius 3 is 2.56 bits per heavy atom. The summed E-state index contributed by atoms with van der Waals surface area (Å²) in [6.45, 7) is 8.43. The molecule has 18 heavy (non-hydrogen) atoms. The standard InChI is InChI=1S/C15H22INO/c1-4-18-14-9-13(15(14,2)3)17-10-11-5-7-12(16)8-6-11/h5-8,13-14,17H,4,9-10H2,1-3H3. The van der Waals surface area contributed by atoms with Crippen molar-refractivity contribution in [3.63, 3.8) is 0 Å². The molecule has 0 amide bonds. The Kier molecular flexibility index (Phi) is 4.67. The Hall–Kier alpha value is -0.130. The highest BCUT2D eigenvalue weighted by Gasteiger charge is 2.48. The first-order valence-electron chi connectivity index (χ1n) is 6.63. The third kappa shape index (κ3) is 3.06. The van der Waals surface area contributed by atoms with E-state index in [4.69, 9.17) is 4.74 Å². The van der Waals surface area contributed by atoms with Crippen molar-refractivity contribution < 1.29 is 4.74 Å². The molecule has 2 atom stereocenters. The highest BCUT2D eigenvalue weighted by Crippen LogP contribution is 2.42. The van der Waals surface area contributed by atoms with Crippen molar-refractivity contribution in [2.45, 2.75) is 45.9 Å². The minimum absolute atomic E-state index is 0.249. The van der Waals surface area contributed by atoms with E-state index in [1.165, 1.54) is 9.13 Å². The molecule has 0 aliphatic heterocycles. The van der Waals surface area contributed by atoms with Crippen LogP contribution in [0.15, 0.2) is 24.3 Å². The Labute approximate surface area is 124 Å². The molecule has 0 aromatic heterocycles. The van der Waals surface area contributed by atoms with Crippen LogP contribution < -0.4 is 5.32 Å². The lowest BCUT2D eigenvalue weighted by atomic mass is 9.64. The van der Waals surface area contributed by atoms with Crippen molar-refractivity contribution in [1.82, 2.24) is 5.32 Å². The first-order chi connectivity index (χ1) is 8.54. The number of hydrogen-bond acceptors (Lipinski definition) is 2. The fraction of sp³-hybridized carbons (Fsp3) is 0.600. The predicted octanol–water partition coefficient (Wildman–Crippen LogP) is 3.58. The summed E-state index contributed by atoms with van der Waals surface area (Å²) in [5.41, 5.74) is 1.60. The lowest BCUT2D eigenvalue weighted by Gasteiger charge is -2.52. The molecule has 0 spiro atoms. The summed E-state index contributed by atoms with van der Waals surface area (Å²) in [4.78, 5) is 0. The van der Waals surface area contributed by atoms with Crippen LogP contribution in [0.4, 0.5) is 0 Å². The van der Waals surface area contributed by atoms with Gasteiger partial charge in [0.15, 0.2) is 0 Å². The van der Waals surface area contributed by atoms with Gasteiger partial charge in [-0.15, -0.1) is 0 Å². The zero-order valence-electron chi connectivity index (χ0n) is 11.4. The lowest BCUT2D eigenvalue weighted by molar-refractivity contribution is -0.114. The molecule has 2 rings (SSSR count). The fourth-order valence-electron chi connectivity index (χ4n) is 2.56. The molecular weight excluding hydrogens is 337 g/mol. The van der Waals surface area contributed by atoms with E-state index in [1.807, 2.05) is 0 Å². The van der Waals surface area contributed by atoms with Crippen molar-refractivity contribution in [2.75, 3.05) is 6.61 Å². The number of benzene rings is 1. The average molecular weight is 359 g/mol. The summed E-state index contributed by atoms with van der Waals surface area (Å²) in [6.07, 6.45) is 1.54. The topological polar surface area (TPSA) is 21.3 Å². The van der Waals surface area contributed by atoms with E-state index in [-0.39, 0.29) is 5.41 Å². The second kappa shape index (κ2) is 5.88. The molecule has 1 saturated carbocycles. The number of halogens is 1. The highest BCUT2D eigenvalue weighted by molar-refractivity contribution is 14.1. The zero-order valence-corrected chi connectivity index (χ0v) is 13.5. The first kappa shape index (κ1) is 14.3. The molecule has 2 nitrogen and oxygen atoms in total. The van der Waals surface area contributed by atoms with Gasteiger partial charge in [0.2, 0.25) is 0 Å². The van der Waals surface area contributed by atoms with E-state index in [2.05, 4.69) is 72.9 Å². The second-order valence-corrected chi connectivity index (χ2v) is 6.81. The van der Waals surface area contributed by atoms with E-state index < -0.39 is 0 Å². The lowest BCUT2D eigenvalue weighted by Crippen LogP contribution is -2.60. The van der Waals surface area contributed by atoms with Crippen molar-refractivity contribution >= 4 is 22.6 Å². The van der Waals surface area contributed by atoms with Crippen LogP contribution in [0.25, 0.3) is 0 Å².